The molecule has 0 radical (unpaired) electrons. The van der Waals surface area contributed by atoms with Crippen LogP contribution < -0.4 is 5.32 Å². The van der Waals surface area contributed by atoms with E-state index >= 15 is 0 Å². The summed E-state index contributed by atoms with van der Waals surface area (Å²) in [6.07, 6.45) is 3.97. The summed E-state index contributed by atoms with van der Waals surface area (Å²) in [5.74, 6) is -0.871. The second kappa shape index (κ2) is 8.39. The highest BCUT2D eigenvalue weighted by Crippen LogP contribution is 2.22. The monoisotopic (exact) mass is 387 g/mol. The molecule has 0 spiro atoms. The topological polar surface area (TPSA) is 73.2 Å². The fourth-order valence-corrected chi connectivity index (χ4v) is 2.88. The summed E-state index contributed by atoms with van der Waals surface area (Å²) in [7, 11) is 0. The number of aryl methyl sites for hydroxylation is 1. The van der Waals surface area contributed by atoms with E-state index in [0.717, 1.165) is 18.4 Å². The maximum atomic E-state index is 12.0. The van der Waals surface area contributed by atoms with Crippen LogP contribution in [0, 0.1) is 6.92 Å². The second-order valence-corrected chi connectivity index (χ2v) is 6.99. The molecular weight excluding hydrogens is 366 g/mol. The van der Waals surface area contributed by atoms with Crippen molar-refractivity contribution in [2.24, 2.45) is 0 Å². The van der Waals surface area contributed by atoms with Crippen LogP contribution in [0.3, 0.4) is 0 Å². The number of aromatic nitrogens is 2. The van der Waals surface area contributed by atoms with Gasteiger partial charge in [-0.1, -0.05) is 41.9 Å². The van der Waals surface area contributed by atoms with Crippen LogP contribution in [0.5, 0.6) is 0 Å². The number of halogens is 1. The van der Waals surface area contributed by atoms with Crippen molar-refractivity contribution in [3.05, 3.63) is 58.4 Å². The third kappa shape index (κ3) is 5.20. The molecular formula is C20H22ClN3O3. The lowest BCUT2D eigenvalue weighted by atomic mass is 10.2. The Labute approximate surface area is 163 Å². The van der Waals surface area contributed by atoms with Crippen molar-refractivity contribution in [2.45, 2.75) is 45.4 Å². The van der Waals surface area contributed by atoms with Crippen LogP contribution >= 0.6 is 11.6 Å². The van der Waals surface area contributed by atoms with Crippen molar-refractivity contribution in [3.8, 4) is 0 Å². The predicted octanol–water partition coefficient (Wildman–Crippen LogP) is 3.12. The highest BCUT2D eigenvalue weighted by atomic mass is 35.5. The molecule has 3 rings (SSSR count). The normalized spacial score (nSPS) is 14.9. The number of amides is 1. The van der Waals surface area contributed by atoms with E-state index in [1.54, 1.807) is 17.7 Å². The average molecular weight is 388 g/mol. The van der Waals surface area contributed by atoms with Gasteiger partial charge in [0.15, 0.2) is 6.10 Å². The second-order valence-electron chi connectivity index (χ2n) is 6.63. The number of rotatable bonds is 7. The highest BCUT2D eigenvalue weighted by molar-refractivity contribution is 6.31. The van der Waals surface area contributed by atoms with Gasteiger partial charge in [-0.15, -0.1) is 0 Å². The molecule has 2 aromatic rings. The van der Waals surface area contributed by atoms with Crippen molar-refractivity contribution in [1.82, 2.24) is 15.1 Å². The van der Waals surface area contributed by atoms with Crippen molar-refractivity contribution in [3.63, 3.8) is 0 Å². The Kier molecular flexibility index (Phi) is 5.96. The summed E-state index contributed by atoms with van der Waals surface area (Å²) in [5, 5.41) is 7.68. The minimum Gasteiger partial charge on any atom is -0.449 e. The molecule has 0 unspecified atom stereocenters. The Balaban J connectivity index is 1.62. The minimum absolute atomic E-state index is 0.228. The van der Waals surface area contributed by atoms with Crippen LogP contribution in [0.4, 0.5) is 0 Å². The molecule has 1 saturated carbocycles. The van der Waals surface area contributed by atoms with Crippen LogP contribution in [0.2, 0.25) is 5.15 Å². The number of benzene rings is 1. The predicted molar refractivity (Wildman–Crippen MR) is 103 cm³/mol. The lowest BCUT2D eigenvalue weighted by Gasteiger charge is -2.11. The molecule has 142 valence electrons. The van der Waals surface area contributed by atoms with Crippen LogP contribution in [0.15, 0.2) is 36.4 Å². The third-order valence-corrected chi connectivity index (χ3v) is 4.66. The summed E-state index contributed by atoms with van der Waals surface area (Å²) in [6.45, 7) is 3.92. The zero-order chi connectivity index (χ0) is 19.4. The number of nitrogens with one attached hydrogen (secondary N) is 1. The molecule has 1 aliphatic carbocycles. The van der Waals surface area contributed by atoms with Crippen LogP contribution in [-0.2, 0) is 20.9 Å². The van der Waals surface area contributed by atoms with E-state index < -0.39 is 12.1 Å². The molecule has 1 fully saturated rings. The number of nitrogens with zero attached hydrogens (tertiary/aromatic N) is 2. The van der Waals surface area contributed by atoms with Gasteiger partial charge >= 0.3 is 5.97 Å². The van der Waals surface area contributed by atoms with E-state index in [9.17, 15) is 9.59 Å². The third-order valence-electron chi connectivity index (χ3n) is 4.26. The first-order valence-corrected chi connectivity index (χ1v) is 9.27. The number of esters is 1. The first kappa shape index (κ1) is 19.2. The van der Waals surface area contributed by atoms with Gasteiger partial charge in [0.25, 0.3) is 5.91 Å². The van der Waals surface area contributed by atoms with Gasteiger partial charge in [-0.2, -0.15) is 5.10 Å². The standard InChI is InChI=1S/C20H22ClN3O3/c1-13-17(19(21)24(23-13)12-15-6-4-3-5-7-15)10-11-18(25)27-14(2)20(26)22-16-8-9-16/h3-7,10-11,14,16H,8-9,12H2,1-2H3,(H,22,26)/b11-10+/t14-/m1/s1. The number of hydrogen-bond acceptors (Lipinski definition) is 4. The highest BCUT2D eigenvalue weighted by Gasteiger charge is 2.26. The van der Waals surface area contributed by atoms with E-state index in [-0.39, 0.29) is 11.9 Å². The molecule has 0 bridgehead atoms. The molecule has 1 aromatic carbocycles. The first-order chi connectivity index (χ1) is 12.9. The lowest BCUT2D eigenvalue weighted by molar-refractivity contribution is -0.150. The van der Waals surface area contributed by atoms with Gasteiger partial charge < -0.3 is 10.1 Å². The summed E-state index contributed by atoms with van der Waals surface area (Å²) in [5.41, 5.74) is 2.44. The van der Waals surface area contributed by atoms with Crippen molar-refractivity contribution < 1.29 is 14.3 Å². The van der Waals surface area contributed by atoms with Crippen molar-refractivity contribution in [1.29, 1.82) is 0 Å². The van der Waals surface area contributed by atoms with Crippen LogP contribution in [-0.4, -0.2) is 33.8 Å². The van der Waals surface area contributed by atoms with Gasteiger partial charge in [0.05, 0.1) is 12.2 Å². The van der Waals surface area contributed by atoms with E-state index in [2.05, 4.69) is 10.4 Å². The van der Waals surface area contributed by atoms with Gasteiger partial charge in [-0.05, 0) is 38.3 Å². The van der Waals surface area contributed by atoms with E-state index in [1.807, 2.05) is 37.3 Å². The van der Waals surface area contributed by atoms with E-state index in [4.69, 9.17) is 16.3 Å². The fraction of sp³-hybridized carbons (Fsp3) is 0.350. The lowest BCUT2D eigenvalue weighted by Crippen LogP contribution is -2.36. The zero-order valence-electron chi connectivity index (χ0n) is 15.3. The number of ether oxygens (including phenoxy) is 1. The molecule has 1 N–H and O–H groups in total. The van der Waals surface area contributed by atoms with Gasteiger partial charge in [0.2, 0.25) is 0 Å². The molecule has 1 amide bonds. The molecule has 0 saturated heterocycles. The molecule has 27 heavy (non-hydrogen) atoms. The Hall–Kier alpha value is -2.60. The molecule has 1 aliphatic rings. The summed E-state index contributed by atoms with van der Waals surface area (Å²) >= 11 is 6.42. The molecule has 1 atom stereocenters. The Morgan fingerprint density at radius 2 is 2.07 bits per heavy atom. The molecule has 7 heteroatoms. The fourth-order valence-electron chi connectivity index (χ4n) is 2.58. The van der Waals surface area contributed by atoms with Crippen LogP contribution in [0.25, 0.3) is 6.08 Å². The van der Waals surface area contributed by atoms with Gasteiger partial charge in [0, 0.05) is 17.7 Å². The Morgan fingerprint density at radius 3 is 2.74 bits per heavy atom. The van der Waals surface area contributed by atoms with E-state index in [1.165, 1.54) is 6.08 Å². The van der Waals surface area contributed by atoms with Crippen molar-refractivity contribution in [2.75, 3.05) is 0 Å². The SMILES string of the molecule is Cc1nn(Cc2ccccc2)c(Cl)c1/C=C/C(=O)O[C@H](C)C(=O)NC1CC1. The molecule has 6 nitrogen and oxygen atoms in total. The smallest absolute Gasteiger partial charge is 0.331 e. The van der Waals surface area contributed by atoms with Crippen molar-refractivity contribution >= 4 is 29.6 Å². The van der Waals surface area contributed by atoms with Crippen LogP contribution in [0.1, 0.15) is 36.6 Å². The van der Waals surface area contributed by atoms with Gasteiger partial charge in [-0.25, -0.2) is 9.48 Å². The first-order valence-electron chi connectivity index (χ1n) is 8.90. The summed E-state index contributed by atoms with van der Waals surface area (Å²) in [6, 6.07) is 10.1. The van der Waals surface area contributed by atoms with E-state index in [0.29, 0.717) is 23.0 Å². The largest absolute Gasteiger partial charge is 0.449 e. The molecule has 0 aliphatic heterocycles. The Morgan fingerprint density at radius 1 is 1.37 bits per heavy atom. The zero-order valence-corrected chi connectivity index (χ0v) is 16.1. The molecule has 1 heterocycles. The maximum absolute atomic E-state index is 12.0. The maximum Gasteiger partial charge on any atom is 0.331 e. The number of carbonyl (C=O) groups is 2. The average Bonchev–Trinajstić information content (AvgIpc) is 3.41. The Bertz CT molecular complexity index is 857. The summed E-state index contributed by atoms with van der Waals surface area (Å²) < 4.78 is 6.82. The minimum atomic E-state index is -0.833. The molecule has 1 aromatic heterocycles. The van der Waals surface area contributed by atoms with Gasteiger partial charge in [-0.3, -0.25) is 4.79 Å². The summed E-state index contributed by atoms with van der Waals surface area (Å²) in [4.78, 5) is 23.8. The number of hydrogen-bond donors (Lipinski definition) is 1. The number of carbonyl (C=O) groups excluding carboxylic acids is 2. The van der Waals surface area contributed by atoms with Gasteiger partial charge in [0.1, 0.15) is 5.15 Å². The quantitative estimate of drug-likeness (QED) is 0.585.